The molecule has 0 spiro atoms. The first kappa shape index (κ1) is 24.2. The molecule has 0 aliphatic carbocycles. The van der Waals surface area contributed by atoms with Gasteiger partial charge in [-0.2, -0.15) is 0 Å². The summed E-state index contributed by atoms with van der Waals surface area (Å²) >= 11 is 0. The highest BCUT2D eigenvalue weighted by Gasteiger charge is 2.16. The molecule has 1 aliphatic heterocycles. The maximum Gasteiger partial charge on any atom is 0.191 e. The standard InChI is InChI=1S/C20H35N3O3.HI/c1-16(2)13-17(8-10-24)14-22-20(23-15-19-6-4-12-26-19)21-9-7-18-5-3-11-25-18;/h3,5,11,16-17,19,24H,4,6-10,12-15H2,1-2H3,(H2,21,22,23);1H. The van der Waals surface area contributed by atoms with Crippen molar-refractivity contribution in [3.63, 3.8) is 0 Å². The summed E-state index contributed by atoms with van der Waals surface area (Å²) in [5, 5.41) is 16.1. The van der Waals surface area contributed by atoms with E-state index in [9.17, 15) is 5.11 Å². The fourth-order valence-corrected chi connectivity index (χ4v) is 3.30. The lowest BCUT2D eigenvalue weighted by molar-refractivity contribution is 0.113. The van der Waals surface area contributed by atoms with E-state index in [4.69, 9.17) is 14.1 Å². The minimum atomic E-state index is 0. The zero-order valence-corrected chi connectivity index (χ0v) is 19.0. The lowest BCUT2D eigenvalue weighted by Gasteiger charge is -2.19. The van der Waals surface area contributed by atoms with Crippen LogP contribution in [-0.2, 0) is 11.2 Å². The van der Waals surface area contributed by atoms with E-state index in [-0.39, 0.29) is 36.7 Å². The van der Waals surface area contributed by atoms with E-state index in [1.54, 1.807) is 6.26 Å². The number of aliphatic imine (C=N–C) groups is 1. The fraction of sp³-hybridized carbons (Fsp3) is 0.750. The maximum atomic E-state index is 9.30. The summed E-state index contributed by atoms with van der Waals surface area (Å²) in [7, 11) is 0. The van der Waals surface area contributed by atoms with Gasteiger partial charge in [-0.1, -0.05) is 13.8 Å². The van der Waals surface area contributed by atoms with E-state index in [0.29, 0.717) is 11.8 Å². The number of nitrogens with zero attached hydrogens (tertiary/aromatic N) is 1. The van der Waals surface area contributed by atoms with Crippen molar-refractivity contribution in [2.45, 2.75) is 52.1 Å². The lowest BCUT2D eigenvalue weighted by Crippen LogP contribution is -2.42. The second kappa shape index (κ2) is 14.2. The first-order chi connectivity index (χ1) is 12.7. The van der Waals surface area contributed by atoms with Gasteiger partial charge in [0.05, 0.1) is 12.4 Å². The molecule has 1 aromatic heterocycles. The minimum Gasteiger partial charge on any atom is -0.469 e. The molecule has 1 aromatic rings. The summed E-state index contributed by atoms with van der Waals surface area (Å²) in [6, 6.07) is 3.89. The van der Waals surface area contributed by atoms with Crippen LogP contribution in [0.25, 0.3) is 0 Å². The number of halogens is 1. The van der Waals surface area contributed by atoms with Gasteiger partial charge in [0.1, 0.15) is 5.76 Å². The number of aliphatic hydroxyl groups excluding tert-OH is 1. The first-order valence-electron chi connectivity index (χ1n) is 9.94. The van der Waals surface area contributed by atoms with Crippen LogP contribution in [0.2, 0.25) is 0 Å². The normalized spacial score (nSPS) is 18.4. The second-order valence-corrected chi connectivity index (χ2v) is 7.47. The zero-order chi connectivity index (χ0) is 18.6. The van der Waals surface area contributed by atoms with Crippen LogP contribution in [0.3, 0.4) is 0 Å². The Balaban J connectivity index is 0.00000364. The van der Waals surface area contributed by atoms with Crippen molar-refractivity contribution >= 4 is 29.9 Å². The van der Waals surface area contributed by atoms with Crippen molar-refractivity contribution in [2.75, 3.05) is 32.8 Å². The molecule has 1 fully saturated rings. The molecule has 6 nitrogen and oxygen atoms in total. The van der Waals surface area contributed by atoms with Gasteiger partial charge in [0, 0.05) is 39.3 Å². The predicted molar refractivity (Wildman–Crippen MR) is 120 cm³/mol. The zero-order valence-electron chi connectivity index (χ0n) is 16.7. The molecule has 2 heterocycles. The van der Waals surface area contributed by atoms with Crippen molar-refractivity contribution in [1.82, 2.24) is 10.6 Å². The summed E-state index contributed by atoms with van der Waals surface area (Å²) in [4.78, 5) is 4.77. The smallest absolute Gasteiger partial charge is 0.191 e. The molecule has 0 aromatic carbocycles. The Hall–Kier alpha value is -0.800. The van der Waals surface area contributed by atoms with Crippen LogP contribution in [0.1, 0.15) is 45.3 Å². The molecular formula is C20H36IN3O3. The molecular weight excluding hydrogens is 457 g/mol. The van der Waals surface area contributed by atoms with Crippen molar-refractivity contribution in [3.05, 3.63) is 24.2 Å². The minimum absolute atomic E-state index is 0. The van der Waals surface area contributed by atoms with Gasteiger partial charge >= 0.3 is 0 Å². The van der Waals surface area contributed by atoms with Crippen LogP contribution in [0.4, 0.5) is 0 Å². The van der Waals surface area contributed by atoms with E-state index in [0.717, 1.165) is 70.1 Å². The van der Waals surface area contributed by atoms with Crippen molar-refractivity contribution < 1.29 is 14.3 Å². The van der Waals surface area contributed by atoms with Gasteiger partial charge in [-0.25, -0.2) is 0 Å². The monoisotopic (exact) mass is 493 g/mol. The first-order valence-corrected chi connectivity index (χ1v) is 9.94. The van der Waals surface area contributed by atoms with E-state index in [1.165, 1.54) is 0 Å². The molecule has 2 rings (SSSR count). The molecule has 0 amide bonds. The Morgan fingerprint density at radius 2 is 2.22 bits per heavy atom. The quantitative estimate of drug-likeness (QED) is 0.251. The Morgan fingerprint density at radius 3 is 2.85 bits per heavy atom. The average Bonchev–Trinajstić information content (AvgIpc) is 3.30. The Bertz CT molecular complexity index is 503. The molecule has 1 aliphatic rings. The van der Waals surface area contributed by atoms with Gasteiger partial charge in [0.2, 0.25) is 0 Å². The van der Waals surface area contributed by atoms with Crippen molar-refractivity contribution in [1.29, 1.82) is 0 Å². The van der Waals surface area contributed by atoms with Gasteiger partial charge in [-0.3, -0.25) is 4.99 Å². The maximum absolute atomic E-state index is 9.30. The summed E-state index contributed by atoms with van der Waals surface area (Å²) in [5.41, 5.74) is 0. The van der Waals surface area contributed by atoms with Crippen LogP contribution in [-0.4, -0.2) is 50.0 Å². The Morgan fingerprint density at radius 1 is 1.37 bits per heavy atom. The number of guanidine groups is 1. The lowest BCUT2D eigenvalue weighted by atomic mass is 9.94. The third-order valence-electron chi connectivity index (χ3n) is 4.61. The van der Waals surface area contributed by atoms with Crippen LogP contribution >= 0.6 is 24.0 Å². The van der Waals surface area contributed by atoms with Gasteiger partial charge in [-0.05, 0) is 49.7 Å². The Labute approximate surface area is 180 Å². The molecule has 156 valence electrons. The molecule has 2 unspecified atom stereocenters. The highest BCUT2D eigenvalue weighted by atomic mass is 127. The highest BCUT2D eigenvalue weighted by molar-refractivity contribution is 14.0. The number of hydrogen-bond acceptors (Lipinski definition) is 4. The van der Waals surface area contributed by atoms with E-state index < -0.39 is 0 Å². The molecule has 7 heteroatoms. The third-order valence-corrected chi connectivity index (χ3v) is 4.61. The topological polar surface area (TPSA) is 79.0 Å². The van der Waals surface area contributed by atoms with Crippen molar-refractivity contribution in [2.24, 2.45) is 16.8 Å². The van der Waals surface area contributed by atoms with Gasteiger partial charge in [0.15, 0.2) is 5.96 Å². The Kier molecular flexibility index (Phi) is 12.8. The molecule has 0 bridgehead atoms. The van der Waals surface area contributed by atoms with Crippen LogP contribution in [0.15, 0.2) is 27.8 Å². The van der Waals surface area contributed by atoms with Gasteiger partial charge in [0.25, 0.3) is 0 Å². The number of rotatable bonds is 11. The predicted octanol–water partition coefficient (Wildman–Crippen LogP) is 3.20. The summed E-state index contributed by atoms with van der Waals surface area (Å²) < 4.78 is 11.1. The second-order valence-electron chi connectivity index (χ2n) is 7.47. The largest absolute Gasteiger partial charge is 0.469 e. The number of ether oxygens (including phenoxy) is 1. The molecule has 1 saturated heterocycles. The van der Waals surface area contributed by atoms with Crippen LogP contribution in [0, 0.1) is 11.8 Å². The van der Waals surface area contributed by atoms with Gasteiger partial charge in [-0.15, -0.1) is 24.0 Å². The van der Waals surface area contributed by atoms with E-state index in [2.05, 4.69) is 24.5 Å². The van der Waals surface area contributed by atoms with E-state index in [1.807, 2.05) is 12.1 Å². The number of hydrogen-bond donors (Lipinski definition) is 3. The summed E-state index contributed by atoms with van der Waals surface area (Å²) in [6.45, 7) is 7.77. The number of furan rings is 1. The van der Waals surface area contributed by atoms with Crippen LogP contribution in [0.5, 0.6) is 0 Å². The van der Waals surface area contributed by atoms with E-state index >= 15 is 0 Å². The van der Waals surface area contributed by atoms with Crippen molar-refractivity contribution in [3.8, 4) is 0 Å². The number of aliphatic hydroxyl groups is 1. The SMILES string of the molecule is CC(C)CC(CCO)CN=C(NCCc1ccco1)NCC1CCCO1.I. The molecule has 27 heavy (non-hydrogen) atoms. The number of nitrogens with one attached hydrogen (secondary N) is 2. The highest BCUT2D eigenvalue weighted by Crippen LogP contribution is 2.15. The molecule has 0 radical (unpaired) electrons. The summed E-state index contributed by atoms with van der Waals surface area (Å²) in [6.07, 6.45) is 6.91. The molecule has 3 N–H and O–H groups in total. The van der Waals surface area contributed by atoms with Crippen LogP contribution < -0.4 is 10.6 Å². The molecule has 0 saturated carbocycles. The van der Waals surface area contributed by atoms with Gasteiger partial charge < -0.3 is 24.9 Å². The third kappa shape index (κ3) is 10.4. The fourth-order valence-electron chi connectivity index (χ4n) is 3.30. The average molecular weight is 493 g/mol. The molecule has 2 atom stereocenters. The summed E-state index contributed by atoms with van der Waals surface area (Å²) in [5.74, 6) is 2.80.